The van der Waals surface area contributed by atoms with Crippen LogP contribution in [-0.4, -0.2) is 39.8 Å². The number of aromatic nitrogens is 2. The second-order valence-corrected chi connectivity index (χ2v) is 5.86. The molecule has 0 aliphatic heterocycles. The van der Waals surface area contributed by atoms with E-state index in [0.717, 1.165) is 22.5 Å². The van der Waals surface area contributed by atoms with Crippen molar-refractivity contribution in [3.63, 3.8) is 0 Å². The van der Waals surface area contributed by atoms with Crippen molar-refractivity contribution < 1.29 is 9.90 Å². The number of nitrogens with one attached hydrogen (secondary N) is 1. The van der Waals surface area contributed by atoms with Crippen LogP contribution in [0.25, 0.3) is 0 Å². The number of H-pyrrole nitrogens is 1. The Morgan fingerprint density at radius 2 is 2.00 bits per heavy atom. The molecule has 1 amide bonds. The van der Waals surface area contributed by atoms with Gasteiger partial charge in [-0.3, -0.25) is 9.89 Å². The highest BCUT2D eigenvalue weighted by molar-refractivity contribution is 5.76. The summed E-state index contributed by atoms with van der Waals surface area (Å²) in [5.74, 6) is 0.0762. The van der Waals surface area contributed by atoms with Crippen LogP contribution >= 0.6 is 0 Å². The second kappa shape index (κ2) is 7.92. The molecule has 1 atom stereocenters. The summed E-state index contributed by atoms with van der Waals surface area (Å²) in [7, 11) is 1.81. The highest BCUT2D eigenvalue weighted by Crippen LogP contribution is 2.24. The molecule has 0 spiro atoms. The Morgan fingerprint density at radius 3 is 2.57 bits per heavy atom. The minimum absolute atomic E-state index is 0.0527. The Labute approximate surface area is 137 Å². The van der Waals surface area contributed by atoms with Gasteiger partial charge in [-0.15, -0.1) is 0 Å². The van der Waals surface area contributed by atoms with Gasteiger partial charge in [0.25, 0.3) is 0 Å². The van der Waals surface area contributed by atoms with Crippen LogP contribution in [0, 0.1) is 13.8 Å². The molecule has 1 unspecified atom stereocenters. The lowest BCUT2D eigenvalue weighted by atomic mass is 10.0. The van der Waals surface area contributed by atoms with Crippen molar-refractivity contribution in [2.45, 2.75) is 39.2 Å². The van der Waals surface area contributed by atoms with E-state index in [-0.39, 0.29) is 18.6 Å². The molecule has 2 N–H and O–H groups in total. The van der Waals surface area contributed by atoms with E-state index in [1.165, 1.54) is 0 Å². The van der Waals surface area contributed by atoms with Crippen LogP contribution in [0.1, 0.15) is 41.4 Å². The van der Waals surface area contributed by atoms with Gasteiger partial charge < -0.3 is 10.0 Å². The molecule has 1 heterocycles. The maximum atomic E-state index is 12.6. The molecule has 0 fully saturated rings. The molecule has 23 heavy (non-hydrogen) atoms. The summed E-state index contributed by atoms with van der Waals surface area (Å²) in [5.41, 5.74) is 4.14. The Morgan fingerprint density at radius 1 is 1.30 bits per heavy atom. The van der Waals surface area contributed by atoms with Crippen LogP contribution in [0.2, 0.25) is 0 Å². The Hall–Kier alpha value is -2.14. The lowest BCUT2D eigenvalue weighted by Gasteiger charge is -2.28. The maximum Gasteiger partial charge on any atom is 0.223 e. The lowest BCUT2D eigenvalue weighted by molar-refractivity contribution is -0.132. The summed E-state index contributed by atoms with van der Waals surface area (Å²) in [5, 5.41) is 16.5. The summed E-state index contributed by atoms with van der Waals surface area (Å²) in [6, 6.07) is 9.75. The van der Waals surface area contributed by atoms with Gasteiger partial charge in [0.1, 0.15) is 0 Å². The van der Waals surface area contributed by atoms with Crippen LogP contribution in [0.4, 0.5) is 0 Å². The lowest BCUT2D eigenvalue weighted by Crippen LogP contribution is -2.32. The van der Waals surface area contributed by atoms with E-state index in [1.54, 1.807) is 4.90 Å². The van der Waals surface area contributed by atoms with E-state index >= 15 is 0 Å². The average Bonchev–Trinajstić information content (AvgIpc) is 2.89. The van der Waals surface area contributed by atoms with Crippen LogP contribution in [0.3, 0.4) is 0 Å². The first-order valence-corrected chi connectivity index (χ1v) is 7.96. The van der Waals surface area contributed by atoms with Crippen molar-refractivity contribution in [2.24, 2.45) is 0 Å². The zero-order valence-electron chi connectivity index (χ0n) is 14.0. The number of aromatic amines is 1. The Balaban J connectivity index is 2.04. The van der Waals surface area contributed by atoms with Crippen LogP contribution < -0.4 is 0 Å². The summed E-state index contributed by atoms with van der Waals surface area (Å²) in [6.07, 6.45) is 1.65. The van der Waals surface area contributed by atoms with Crippen molar-refractivity contribution in [3.8, 4) is 0 Å². The highest BCUT2D eigenvalue weighted by atomic mass is 16.3. The molecule has 5 heteroatoms. The number of aryl methyl sites for hydroxylation is 2. The van der Waals surface area contributed by atoms with Crippen LogP contribution in [-0.2, 0) is 11.2 Å². The third-order valence-corrected chi connectivity index (χ3v) is 4.32. The molecule has 0 saturated carbocycles. The van der Waals surface area contributed by atoms with Crippen molar-refractivity contribution >= 4 is 5.91 Å². The molecule has 0 radical (unpaired) electrons. The van der Waals surface area contributed by atoms with Gasteiger partial charge in [0.15, 0.2) is 0 Å². The van der Waals surface area contributed by atoms with Gasteiger partial charge in [-0.2, -0.15) is 5.10 Å². The van der Waals surface area contributed by atoms with Gasteiger partial charge in [-0.25, -0.2) is 0 Å². The summed E-state index contributed by atoms with van der Waals surface area (Å²) < 4.78 is 0. The molecule has 0 aliphatic rings. The number of hydrogen-bond donors (Lipinski definition) is 2. The van der Waals surface area contributed by atoms with E-state index in [4.69, 9.17) is 0 Å². The van der Waals surface area contributed by atoms with Crippen LogP contribution in [0.15, 0.2) is 30.3 Å². The minimum Gasteiger partial charge on any atom is -0.396 e. The zero-order chi connectivity index (χ0) is 16.8. The molecule has 5 nitrogen and oxygen atoms in total. The van der Waals surface area contributed by atoms with Crippen LogP contribution in [0.5, 0.6) is 0 Å². The molecule has 0 aliphatic carbocycles. The van der Waals surface area contributed by atoms with Gasteiger partial charge in [0.2, 0.25) is 5.91 Å². The molecule has 1 aromatic carbocycles. The molecular formula is C18H25N3O2. The average molecular weight is 315 g/mol. The fourth-order valence-corrected chi connectivity index (χ4v) is 2.91. The zero-order valence-corrected chi connectivity index (χ0v) is 14.0. The Kier molecular flexibility index (Phi) is 5.93. The number of aliphatic hydroxyl groups excluding tert-OH is 1. The normalized spacial score (nSPS) is 12.2. The topological polar surface area (TPSA) is 69.2 Å². The van der Waals surface area contributed by atoms with E-state index < -0.39 is 0 Å². The number of benzene rings is 1. The predicted octanol–water partition coefficient (Wildman–Crippen LogP) is 2.54. The SMILES string of the molecule is Cc1n[nH]c(C)c1CCC(=O)N(C)C(CCO)c1ccccc1. The third kappa shape index (κ3) is 4.20. The molecule has 2 rings (SSSR count). The number of carbonyl (C=O) groups is 1. The number of aliphatic hydroxyl groups is 1. The number of rotatable bonds is 7. The second-order valence-electron chi connectivity index (χ2n) is 5.86. The number of hydrogen-bond acceptors (Lipinski definition) is 3. The molecule has 124 valence electrons. The van der Waals surface area contributed by atoms with Gasteiger partial charge >= 0.3 is 0 Å². The number of nitrogens with zero attached hydrogens (tertiary/aromatic N) is 2. The standard InChI is InChI=1S/C18H25N3O2/c1-13-16(14(2)20-19-13)9-10-18(23)21(3)17(11-12-22)15-7-5-4-6-8-15/h4-8,17,22H,9-12H2,1-3H3,(H,19,20). The first-order valence-electron chi connectivity index (χ1n) is 7.96. The molecule has 0 bridgehead atoms. The van der Waals surface area contributed by atoms with Crippen molar-refractivity contribution in [1.29, 1.82) is 0 Å². The summed E-state index contributed by atoms with van der Waals surface area (Å²) in [6.45, 7) is 3.98. The Bertz CT molecular complexity index is 617. The fourth-order valence-electron chi connectivity index (χ4n) is 2.91. The van der Waals surface area contributed by atoms with Crippen molar-refractivity contribution in [3.05, 3.63) is 52.8 Å². The van der Waals surface area contributed by atoms with E-state index in [2.05, 4.69) is 10.2 Å². The first kappa shape index (κ1) is 17.2. The number of amides is 1. The predicted molar refractivity (Wildman–Crippen MR) is 90.0 cm³/mol. The molecular weight excluding hydrogens is 290 g/mol. The highest BCUT2D eigenvalue weighted by Gasteiger charge is 2.21. The van der Waals surface area contributed by atoms with E-state index in [0.29, 0.717) is 19.3 Å². The van der Waals surface area contributed by atoms with Gasteiger partial charge in [0.05, 0.1) is 11.7 Å². The van der Waals surface area contributed by atoms with Crippen molar-refractivity contribution in [2.75, 3.05) is 13.7 Å². The largest absolute Gasteiger partial charge is 0.396 e. The van der Waals surface area contributed by atoms with Gasteiger partial charge in [-0.05, 0) is 37.8 Å². The van der Waals surface area contributed by atoms with Crippen molar-refractivity contribution in [1.82, 2.24) is 15.1 Å². The quantitative estimate of drug-likeness (QED) is 0.825. The summed E-state index contributed by atoms with van der Waals surface area (Å²) >= 11 is 0. The molecule has 1 aromatic heterocycles. The maximum absolute atomic E-state index is 12.6. The third-order valence-electron chi connectivity index (χ3n) is 4.32. The van der Waals surface area contributed by atoms with Gasteiger partial charge in [0, 0.05) is 25.8 Å². The van der Waals surface area contributed by atoms with Gasteiger partial charge in [-0.1, -0.05) is 30.3 Å². The van der Waals surface area contributed by atoms with E-state index in [9.17, 15) is 9.90 Å². The first-order chi connectivity index (χ1) is 11.0. The number of carbonyl (C=O) groups excluding carboxylic acids is 1. The summed E-state index contributed by atoms with van der Waals surface area (Å²) in [4.78, 5) is 14.3. The minimum atomic E-state index is -0.0970. The smallest absolute Gasteiger partial charge is 0.223 e. The molecule has 0 saturated heterocycles. The van der Waals surface area contributed by atoms with E-state index in [1.807, 2.05) is 51.2 Å². The monoisotopic (exact) mass is 315 g/mol. The fraction of sp³-hybridized carbons (Fsp3) is 0.444. The molecule has 2 aromatic rings.